The van der Waals surface area contributed by atoms with Crippen molar-refractivity contribution < 1.29 is 9.47 Å². The molecule has 0 amide bonds. The van der Waals surface area contributed by atoms with E-state index in [4.69, 9.17) is 21.1 Å². The van der Waals surface area contributed by atoms with E-state index in [0.29, 0.717) is 29.0 Å². The van der Waals surface area contributed by atoms with Gasteiger partial charge in [-0.25, -0.2) is 4.98 Å². The molecule has 0 aromatic carbocycles. The summed E-state index contributed by atoms with van der Waals surface area (Å²) in [7, 11) is 3.28. The minimum Gasteiger partial charge on any atom is -0.467 e. The third kappa shape index (κ3) is 2.98. The summed E-state index contributed by atoms with van der Waals surface area (Å²) in [5, 5.41) is 3.81. The highest BCUT2D eigenvalue weighted by atomic mass is 35.5. The molecule has 2 atom stereocenters. The molecule has 0 saturated heterocycles. The predicted octanol–water partition coefficient (Wildman–Crippen LogP) is 2.12. The van der Waals surface area contributed by atoms with Crippen molar-refractivity contribution in [1.29, 1.82) is 0 Å². The summed E-state index contributed by atoms with van der Waals surface area (Å²) in [4.78, 5) is 8.12. The van der Waals surface area contributed by atoms with Crippen molar-refractivity contribution in [3.8, 4) is 6.01 Å². The summed E-state index contributed by atoms with van der Waals surface area (Å²) in [5.41, 5.74) is 0. The van der Waals surface area contributed by atoms with E-state index in [1.165, 1.54) is 7.11 Å². The van der Waals surface area contributed by atoms with Crippen LogP contribution in [0.1, 0.15) is 19.3 Å². The van der Waals surface area contributed by atoms with E-state index in [9.17, 15) is 0 Å². The van der Waals surface area contributed by atoms with E-state index in [1.807, 2.05) is 0 Å². The smallest absolute Gasteiger partial charge is 0.318 e. The number of halogens is 1. The lowest BCUT2D eigenvalue weighted by Crippen LogP contribution is -2.18. The number of hydrogen-bond donors (Lipinski definition) is 1. The zero-order valence-electron chi connectivity index (χ0n) is 9.94. The van der Waals surface area contributed by atoms with Crippen molar-refractivity contribution in [3.05, 3.63) is 11.2 Å². The van der Waals surface area contributed by atoms with Crippen LogP contribution in [0.25, 0.3) is 0 Å². The molecule has 1 N–H and O–H groups in total. The number of hydrogen-bond acceptors (Lipinski definition) is 5. The van der Waals surface area contributed by atoms with Crippen molar-refractivity contribution >= 4 is 17.4 Å². The molecule has 1 aliphatic rings. The first-order chi connectivity index (χ1) is 8.22. The first-order valence-electron chi connectivity index (χ1n) is 5.58. The highest BCUT2D eigenvalue weighted by molar-refractivity contribution is 6.32. The molecule has 2 rings (SSSR count). The van der Waals surface area contributed by atoms with Crippen LogP contribution in [0.2, 0.25) is 5.02 Å². The number of aromatic nitrogens is 2. The van der Waals surface area contributed by atoms with Crippen LogP contribution in [0.4, 0.5) is 5.82 Å². The average Bonchev–Trinajstić information content (AvgIpc) is 2.80. The number of nitrogens with one attached hydrogen (secondary N) is 1. The number of methoxy groups -OCH3 is 2. The molecule has 1 aromatic heterocycles. The topological polar surface area (TPSA) is 56.3 Å². The highest BCUT2D eigenvalue weighted by Gasteiger charge is 2.25. The third-order valence-electron chi connectivity index (χ3n) is 2.96. The van der Waals surface area contributed by atoms with Crippen LogP contribution in [-0.2, 0) is 4.74 Å². The molecule has 17 heavy (non-hydrogen) atoms. The van der Waals surface area contributed by atoms with Gasteiger partial charge < -0.3 is 14.8 Å². The number of anilines is 1. The van der Waals surface area contributed by atoms with Gasteiger partial charge >= 0.3 is 6.01 Å². The molecule has 1 aliphatic carbocycles. The Bertz CT molecular complexity index is 389. The van der Waals surface area contributed by atoms with E-state index >= 15 is 0 Å². The van der Waals surface area contributed by atoms with Gasteiger partial charge in [-0.05, 0) is 19.3 Å². The SMILES string of the molecule is COc1ncc(Cl)c(NC2CCC(OC)C2)n1. The molecular weight excluding hydrogens is 242 g/mol. The molecule has 2 unspecified atom stereocenters. The van der Waals surface area contributed by atoms with Gasteiger partial charge in [-0.3, -0.25) is 0 Å². The fourth-order valence-electron chi connectivity index (χ4n) is 2.03. The molecular formula is C11H16ClN3O2. The van der Waals surface area contributed by atoms with Gasteiger partial charge in [0.15, 0.2) is 5.82 Å². The van der Waals surface area contributed by atoms with Crippen molar-refractivity contribution in [2.45, 2.75) is 31.4 Å². The molecule has 0 bridgehead atoms. The summed E-state index contributed by atoms with van der Waals surface area (Å²) >= 11 is 6.03. The number of rotatable bonds is 4. The van der Waals surface area contributed by atoms with Gasteiger partial charge in [0.1, 0.15) is 5.02 Å². The second-order valence-electron chi connectivity index (χ2n) is 4.07. The number of ether oxygens (including phenoxy) is 2. The second-order valence-corrected chi connectivity index (χ2v) is 4.47. The zero-order chi connectivity index (χ0) is 12.3. The Morgan fingerprint density at radius 3 is 2.88 bits per heavy atom. The van der Waals surface area contributed by atoms with E-state index < -0.39 is 0 Å². The van der Waals surface area contributed by atoms with E-state index in [2.05, 4.69) is 15.3 Å². The lowest BCUT2D eigenvalue weighted by atomic mass is 10.2. The lowest BCUT2D eigenvalue weighted by Gasteiger charge is -2.14. The maximum atomic E-state index is 6.03. The highest BCUT2D eigenvalue weighted by Crippen LogP contribution is 2.27. The fraction of sp³-hybridized carbons (Fsp3) is 0.636. The quantitative estimate of drug-likeness (QED) is 0.895. The Morgan fingerprint density at radius 1 is 1.41 bits per heavy atom. The maximum Gasteiger partial charge on any atom is 0.318 e. The first kappa shape index (κ1) is 12.4. The first-order valence-corrected chi connectivity index (χ1v) is 5.96. The van der Waals surface area contributed by atoms with Crippen LogP contribution >= 0.6 is 11.6 Å². The van der Waals surface area contributed by atoms with Crippen LogP contribution in [0.15, 0.2) is 6.20 Å². The minimum absolute atomic E-state index is 0.318. The van der Waals surface area contributed by atoms with Crippen LogP contribution in [0, 0.1) is 0 Å². The minimum atomic E-state index is 0.318. The van der Waals surface area contributed by atoms with Crippen LogP contribution < -0.4 is 10.1 Å². The van der Waals surface area contributed by atoms with Crippen molar-refractivity contribution in [2.24, 2.45) is 0 Å². The summed E-state index contributed by atoms with van der Waals surface area (Å²) in [6.07, 6.45) is 4.96. The van der Waals surface area contributed by atoms with E-state index in [0.717, 1.165) is 19.3 Å². The van der Waals surface area contributed by atoms with Gasteiger partial charge in [-0.1, -0.05) is 11.6 Å². The molecule has 0 aliphatic heterocycles. The second kappa shape index (κ2) is 5.51. The zero-order valence-corrected chi connectivity index (χ0v) is 10.7. The Labute approximate surface area is 105 Å². The van der Waals surface area contributed by atoms with Gasteiger partial charge in [0.25, 0.3) is 0 Å². The van der Waals surface area contributed by atoms with Gasteiger partial charge in [-0.2, -0.15) is 4.98 Å². The molecule has 1 heterocycles. The molecule has 6 heteroatoms. The molecule has 0 spiro atoms. The van der Waals surface area contributed by atoms with Crippen molar-refractivity contribution in [3.63, 3.8) is 0 Å². The fourth-order valence-corrected chi connectivity index (χ4v) is 2.17. The maximum absolute atomic E-state index is 6.03. The summed E-state index contributed by atoms with van der Waals surface area (Å²) in [6.45, 7) is 0. The molecule has 0 radical (unpaired) electrons. The van der Waals surface area contributed by atoms with Crippen LogP contribution in [-0.4, -0.2) is 36.3 Å². The van der Waals surface area contributed by atoms with E-state index in [-0.39, 0.29) is 0 Å². The standard InChI is InChI=1S/C11H16ClN3O2/c1-16-8-4-3-7(5-8)14-10-9(12)6-13-11(15-10)17-2/h6-8H,3-5H2,1-2H3,(H,13,14,15). The van der Waals surface area contributed by atoms with Gasteiger partial charge in [0.2, 0.25) is 0 Å². The van der Waals surface area contributed by atoms with Crippen LogP contribution in [0.5, 0.6) is 6.01 Å². The summed E-state index contributed by atoms with van der Waals surface area (Å²) in [5.74, 6) is 0.625. The van der Waals surface area contributed by atoms with Crippen LogP contribution in [0.3, 0.4) is 0 Å². The molecule has 94 valence electrons. The molecule has 5 nitrogen and oxygen atoms in total. The Morgan fingerprint density at radius 2 is 2.24 bits per heavy atom. The normalized spacial score (nSPS) is 23.7. The monoisotopic (exact) mass is 257 g/mol. The summed E-state index contributed by atoms with van der Waals surface area (Å²) < 4.78 is 10.3. The molecule has 1 fully saturated rings. The van der Waals surface area contributed by atoms with Gasteiger partial charge in [-0.15, -0.1) is 0 Å². The van der Waals surface area contributed by atoms with Crippen molar-refractivity contribution in [1.82, 2.24) is 9.97 Å². The Balaban J connectivity index is 2.03. The lowest BCUT2D eigenvalue weighted by molar-refractivity contribution is 0.108. The van der Waals surface area contributed by atoms with E-state index in [1.54, 1.807) is 13.3 Å². The molecule has 1 saturated carbocycles. The third-order valence-corrected chi connectivity index (χ3v) is 3.24. The molecule has 1 aromatic rings. The van der Waals surface area contributed by atoms with Gasteiger partial charge in [0, 0.05) is 13.2 Å². The Kier molecular flexibility index (Phi) is 4.02. The van der Waals surface area contributed by atoms with Crippen molar-refractivity contribution in [2.75, 3.05) is 19.5 Å². The van der Waals surface area contributed by atoms with Gasteiger partial charge in [0.05, 0.1) is 19.4 Å². The summed E-state index contributed by atoms with van der Waals surface area (Å²) in [6, 6.07) is 0.662. The predicted molar refractivity (Wildman–Crippen MR) is 65.7 cm³/mol. The largest absolute Gasteiger partial charge is 0.467 e. The average molecular weight is 258 g/mol. The number of nitrogens with zero attached hydrogens (tertiary/aromatic N) is 2. The Hall–Kier alpha value is -1.07.